The van der Waals surface area contributed by atoms with Crippen LogP contribution < -0.4 is 0 Å². The highest BCUT2D eigenvalue weighted by Crippen LogP contribution is 2.17. The summed E-state index contributed by atoms with van der Waals surface area (Å²) in [4.78, 5) is 0. The number of hydrogen-bond acceptors (Lipinski definition) is 5. The Hall–Kier alpha value is -0.200. The summed E-state index contributed by atoms with van der Waals surface area (Å²) in [6, 6.07) is 0. The maximum absolute atomic E-state index is 8.92. The molecule has 88 valence electrons. The summed E-state index contributed by atoms with van der Waals surface area (Å²) in [5, 5.41) is 41.5. The van der Waals surface area contributed by atoms with Gasteiger partial charge in [-0.15, -0.1) is 0 Å². The molecule has 5 nitrogen and oxygen atoms in total. The number of hydrogen-bond donors (Lipinski definition) is 5. The van der Waals surface area contributed by atoms with Crippen LogP contribution in [0.5, 0.6) is 0 Å². The number of rotatable bonds is 4. The van der Waals surface area contributed by atoms with Crippen LogP contribution in [-0.2, 0) is 0 Å². The summed E-state index contributed by atoms with van der Waals surface area (Å²) in [7, 11) is 0. The van der Waals surface area contributed by atoms with Crippen LogP contribution in [0.2, 0.25) is 0 Å². The molecule has 0 aliphatic heterocycles. The fourth-order valence-corrected chi connectivity index (χ4v) is 0.190. The van der Waals surface area contributed by atoms with Crippen molar-refractivity contribution < 1.29 is 25.5 Å². The smallest absolute Gasteiger partial charge is 0.100 e. The standard InChI is InChI=1S/C6H14O2.C3H8O3/c1-5(8)6(2,3)4-7;4-1-3(6)2-5/h5,7-8H,4H2,1-3H3;3-6H,1-2H2. The van der Waals surface area contributed by atoms with Gasteiger partial charge >= 0.3 is 0 Å². The molecule has 0 spiro atoms. The van der Waals surface area contributed by atoms with Gasteiger partial charge in [0.2, 0.25) is 0 Å². The van der Waals surface area contributed by atoms with E-state index in [2.05, 4.69) is 0 Å². The molecular formula is C9H22O5. The van der Waals surface area contributed by atoms with Gasteiger partial charge in [-0.25, -0.2) is 0 Å². The van der Waals surface area contributed by atoms with Gasteiger partial charge in [0.05, 0.1) is 25.9 Å². The fourth-order valence-electron chi connectivity index (χ4n) is 0.190. The van der Waals surface area contributed by atoms with E-state index in [4.69, 9.17) is 25.5 Å². The quantitative estimate of drug-likeness (QED) is 0.398. The Morgan fingerprint density at radius 3 is 1.36 bits per heavy atom. The maximum atomic E-state index is 8.92. The van der Waals surface area contributed by atoms with Gasteiger partial charge in [0.25, 0.3) is 0 Å². The van der Waals surface area contributed by atoms with Crippen molar-refractivity contribution in [3.8, 4) is 0 Å². The highest BCUT2D eigenvalue weighted by Gasteiger charge is 2.22. The van der Waals surface area contributed by atoms with Crippen LogP contribution >= 0.6 is 0 Å². The molecule has 1 unspecified atom stereocenters. The number of aliphatic hydroxyl groups is 5. The second kappa shape index (κ2) is 8.14. The molecule has 0 saturated carbocycles. The first-order valence-corrected chi connectivity index (χ1v) is 4.50. The van der Waals surface area contributed by atoms with Crippen LogP contribution in [0.3, 0.4) is 0 Å². The van der Waals surface area contributed by atoms with Gasteiger partial charge in [0.15, 0.2) is 0 Å². The van der Waals surface area contributed by atoms with E-state index in [0.29, 0.717) is 0 Å². The minimum atomic E-state index is -0.954. The second-order valence-electron chi connectivity index (χ2n) is 3.84. The normalized spacial score (nSPS) is 13.5. The highest BCUT2D eigenvalue weighted by atomic mass is 16.3. The van der Waals surface area contributed by atoms with Crippen LogP contribution in [0.15, 0.2) is 0 Å². The van der Waals surface area contributed by atoms with Gasteiger partial charge in [0, 0.05) is 5.41 Å². The summed E-state index contributed by atoms with van der Waals surface area (Å²) in [6.07, 6.45) is -1.39. The van der Waals surface area contributed by atoms with Crippen molar-refractivity contribution in [3.63, 3.8) is 0 Å². The molecule has 0 aromatic heterocycles. The molecule has 0 rings (SSSR count). The van der Waals surface area contributed by atoms with Gasteiger partial charge in [0.1, 0.15) is 6.10 Å². The minimum absolute atomic E-state index is 0.0324. The topological polar surface area (TPSA) is 101 Å². The molecule has 0 aliphatic rings. The van der Waals surface area contributed by atoms with Gasteiger partial charge < -0.3 is 25.5 Å². The molecule has 0 fully saturated rings. The Kier molecular flexibility index (Phi) is 9.44. The molecule has 5 heteroatoms. The minimum Gasteiger partial charge on any atom is -0.396 e. The van der Waals surface area contributed by atoms with Gasteiger partial charge in [-0.1, -0.05) is 13.8 Å². The third kappa shape index (κ3) is 8.40. The third-order valence-electron chi connectivity index (χ3n) is 1.96. The van der Waals surface area contributed by atoms with E-state index in [1.54, 1.807) is 6.92 Å². The van der Waals surface area contributed by atoms with Crippen LogP contribution in [0.4, 0.5) is 0 Å². The van der Waals surface area contributed by atoms with Crippen molar-refractivity contribution >= 4 is 0 Å². The van der Waals surface area contributed by atoms with E-state index >= 15 is 0 Å². The molecule has 1 atom stereocenters. The molecular weight excluding hydrogens is 188 g/mol. The van der Waals surface area contributed by atoms with Crippen LogP contribution in [0.1, 0.15) is 20.8 Å². The fraction of sp³-hybridized carbons (Fsp3) is 1.00. The van der Waals surface area contributed by atoms with Crippen molar-refractivity contribution in [3.05, 3.63) is 0 Å². The Balaban J connectivity index is 0. The zero-order valence-electron chi connectivity index (χ0n) is 9.01. The average Bonchev–Trinajstić information content (AvgIpc) is 2.17. The summed E-state index contributed by atoms with van der Waals surface area (Å²) in [6.45, 7) is 4.61. The van der Waals surface area contributed by atoms with E-state index in [0.717, 1.165) is 0 Å². The number of aliphatic hydroxyl groups excluding tert-OH is 5. The molecule has 0 radical (unpaired) electrons. The highest BCUT2D eigenvalue weighted by molar-refractivity contribution is 4.72. The predicted molar refractivity (Wildman–Crippen MR) is 52.7 cm³/mol. The summed E-state index contributed by atoms with van der Waals surface area (Å²) < 4.78 is 0. The molecule has 0 amide bonds. The lowest BCUT2D eigenvalue weighted by molar-refractivity contribution is 0.0202. The van der Waals surface area contributed by atoms with Gasteiger partial charge in [-0.3, -0.25) is 0 Å². The second-order valence-corrected chi connectivity index (χ2v) is 3.84. The van der Waals surface area contributed by atoms with Crippen LogP contribution in [0.25, 0.3) is 0 Å². The van der Waals surface area contributed by atoms with Crippen molar-refractivity contribution in [2.24, 2.45) is 5.41 Å². The molecule has 0 aromatic carbocycles. The first-order chi connectivity index (χ1) is 6.31. The monoisotopic (exact) mass is 210 g/mol. The van der Waals surface area contributed by atoms with Crippen molar-refractivity contribution in [2.75, 3.05) is 19.8 Å². The van der Waals surface area contributed by atoms with E-state index in [9.17, 15) is 0 Å². The lowest BCUT2D eigenvalue weighted by Gasteiger charge is -2.24. The molecule has 0 bridgehead atoms. The zero-order chi connectivity index (χ0) is 11.8. The summed E-state index contributed by atoms with van der Waals surface area (Å²) in [5.41, 5.74) is -0.347. The maximum Gasteiger partial charge on any atom is 0.100 e. The Bertz CT molecular complexity index is 120. The van der Waals surface area contributed by atoms with E-state index in [1.807, 2.05) is 13.8 Å². The molecule has 0 heterocycles. The lowest BCUT2D eigenvalue weighted by Crippen LogP contribution is -2.29. The zero-order valence-corrected chi connectivity index (χ0v) is 9.01. The SMILES string of the molecule is CC(O)C(C)(C)CO.OCC(O)CO. The Labute approximate surface area is 84.6 Å². The third-order valence-corrected chi connectivity index (χ3v) is 1.96. The van der Waals surface area contributed by atoms with E-state index in [1.165, 1.54) is 0 Å². The first-order valence-electron chi connectivity index (χ1n) is 4.50. The van der Waals surface area contributed by atoms with Crippen molar-refractivity contribution in [1.29, 1.82) is 0 Å². The largest absolute Gasteiger partial charge is 0.396 e. The Morgan fingerprint density at radius 1 is 1.00 bits per heavy atom. The predicted octanol–water partition coefficient (Wildman–Crippen LogP) is -1.28. The van der Waals surface area contributed by atoms with Crippen LogP contribution in [-0.4, -0.2) is 57.6 Å². The first kappa shape index (κ1) is 16.2. The lowest BCUT2D eigenvalue weighted by atomic mass is 9.89. The molecule has 0 aliphatic carbocycles. The Morgan fingerprint density at radius 2 is 1.36 bits per heavy atom. The molecule has 14 heavy (non-hydrogen) atoms. The van der Waals surface area contributed by atoms with E-state index < -0.39 is 12.2 Å². The van der Waals surface area contributed by atoms with Crippen molar-refractivity contribution in [1.82, 2.24) is 0 Å². The summed E-state index contributed by atoms with van der Waals surface area (Å²) in [5.74, 6) is 0. The van der Waals surface area contributed by atoms with E-state index in [-0.39, 0.29) is 25.2 Å². The van der Waals surface area contributed by atoms with Crippen LogP contribution in [0, 0.1) is 5.41 Å². The molecule has 0 saturated heterocycles. The van der Waals surface area contributed by atoms with Crippen molar-refractivity contribution in [2.45, 2.75) is 33.0 Å². The average molecular weight is 210 g/mol. The molecule has 5 N–H and O–H groups in total. The van der Waals surface area contributed by atoms with Gasteiger partial charge in [-0.2, -0.15) is 0 Å². The van der Waals surface area contributed by atoms with Gasteiger partial charge in [-0.05, 0) is 6.92 Å². The molecule has 0 aromatic rings. The summed E-state index contributed by atoms with van der Waals surface area (Å²) >= 11 is 0.